The summed E-state index contributed by atoms with van der Waals surface area (Å²) in [6.45, 7) is 0. The van der Waals surface area contributed by atoms with Gasteiger partial charge in [-0.3, -0.25) is 4.57 Å². The maximum atomic E-state index is 13.8. The second-order valence-electron chi connectivity index (χ2n) is 5.94. The van der Waals surface area contributed by atoms with Crippen LogP contribution in [0.1, 0.15) is 32.1 Å². The van der Waals surface area contributed by atoms with E-state index in [4.69, 9.17) is 4.52 Å². The van der Waals surface area contributed by atoms with Crippen molar-refractivity contribution in [1.29, 1.82) is 0 Å². The molecule has 1 aliphatic carbocycles. The first kappa shape index (κ1) is 16.2. The average Bonchev–Trinajstić information content (AvgIpc) is 2.59. The molecule has 0 saturated carbocycles. The van der Waals surface area contributed by atoms with Gasteiger partial charge in [0.25, 0.3) is 7.37 Å². The second-order valence-corrected chi connectivity index (χ2v) is 8.29. The van der Waals surface area contributed by atoms with Gasteiger partial charge in [-0.2, -0.15) is 0 Å². The van der Waals surface area contributed by atoms with E-state index in [1.165, 1.54) is 6.42 Å². The fraction of sp³-hybridized carbons (Fsp3) is 0.300. The summed E-state index contributed by atoms with van der Waals surface area (Å²) < 4.78 is 20.1. The zero-order chi connectivity index (χ0) is 16.0. The zero-order valence-electron chi connectivity index (χ0n) is 13.3. The lowest BCUT2D eigenvalue weighted by molar-refractivity contribution is 0.199. The predicted molar refractivity (Wildman–Crippen MR) is 96.9 cm³/mol. The van der Waals surface area contributed by atoms with Crippen LogP contribution in [0.25, 0.3) is 0 Å². The van der Waals surface area contributed by atoms with Crippen molar-refractivity contribution in [2.24, 2.45) is 0 Å². The highest BCUT2D eigenvalue weighted by Gasteiger charge is 2.31. The normalized spacial score (nSPS) is 20.4. The molecule has 1 atom stereocenters. The van der Waals surface area contributed by atoms with E-state index in [-0.39, 0.29) is 6.10 Å². The number of rotatable bonds is 4. The Labute approximate surface area is 138 Å². The van der Waals surface area contributed by atoms with Crippen molar-refractivity contribution in [3.63, 3.8) is 0 Å². The average molecular weight is 326 g/mol. The van der Waals surface area contributed by atoms with Crippen LogP contribution in [0.5, 0.6) is 0 Å². The van der Waals surface area contributed by atoms with Crippen LogP contribution in [0.3, 0.4) is 0 Å². The molecule has 1 aliphatic rings. The molecule has 0 radical (unpaired) electrons. The molecule has 1 unspecified atom stereocenters. The van der Waals surface area contributed by atoms with E-state index in [0.717, 1.165) is 36.3 Å². The number of hydrogen-bond acceptors (Lipinski definition) is 2. The van der Waals surface area contributed by atoms with E-state index >= 15 is 0 Å². The van der Waals surface area contributed by atoms with Crippen molar-refractivity contribution in [1.82, 2.24) is 0 Å². The van der Waals surface area contributed by atoms with Crippen LogP contribution in [-0.2, 0) is 9.09 Å². The lowest BCUT2D eigenvalue weighted by Crippen LogP contribution is -2.23. The van der Waals surface area contributed by atoms with Gasteiger partial charge in [-0.15, -0.1) is 0 Å². The minimum atomic E-state index is -3.06. The van der Waals surface area contributed by atoms with Crippen molar-refractivity contribution >= 4 is 18.0 Å². The quantitative estimate of drug-likeness (QED) is 0.595. The summed E-state index contributed by atoms with van der Waals surface area (Å²) in [6.07, 6.45) is 9.64. The maximum Gasteiger partial charge on any atom is 0.261 e. The number of benzene rings is 2. The topological polar surface area (TPSA) is 26.3 Å². The van der Waals surface area contributed by atoms with Crippen LogP contribution >= 0.6 is 7.37 Å². The van der Waals surface area contributed by atoms with Crippen molar-refractivity contribution < 1.29 is 9.09 Å². The zero-order valence-corrected chi connectivity index (χ0v) is 14.2. The monoisotopic (exact) mass is 326 g/mol. The molecule has 0 aromatic heterocycles. The van der Waals surface area contributed by atoms with Crippen molar-refractivity contribution in [2.45, 2.75) is 38.2 Å². The summed E-state index contributed by atoms with van der Waals surface area (Å²) in [5.41, 5.74) is 0. The summed E-state index contributed by atoms with van der Waals surface area (Å²) in [4.78, 5) is 0. The van der Waals surface area contributed by atoms with Gasteiger partial charge in [0.1, 0.15) is 0 Å². The van der Waals surface area contributed by atoms with Crippen molar-refractivity contribution in [3.8, 4) is 0 Å². The van der Waals surface area contributed by atoms with Gasteiger partial charge in [-0.25, -0.2) is 0 Å². The van der Waals surface area contributed by atoms with Crippen LogP contribution in [0.2, 0.25) is 0 Å². The van der Waals surface area contributed by atoms with E-state index in [0.29, 0.717) is 0 Å². The molecule has 3 rings (SSSR count). The molecule has 0 bridgehead atoms. The lowest BCUT2D eigenvalue weighted by Gasteiger charge is -2.26. The summed E-state index contributed by atoms with van der Waals surface area (Å²) in [5, 5.41) is 1.55. The molecule has 0 amide bonds. The first-order valence-electron chi connectivity index (χ1n) is 8.34. The van der Waals surface area contributed by atoms with Crippen LogP contribution in [-0.4, -0.2) is 6.10 Å². The second kappa shape index (κ2) is 7.77. The highest BCUT2D eigenvalue weighted by atomic mass is 31.2. The summed E-state index contributed by atoms with van der Waals surface area (Å²) in [6, 6.07) is 19.2. The molecule has 0 spiro atoms. The maximum absolute atomic E-state index is 13.8. The van der Waals surface area contributed by atoms with Gasteiger partial charge in [0.15, 0.2) is 0 Å². The van der Waals surface area contributed by atoms with Gasteiger partial charge in [-0.1, -0.05) is 55.0 Å². The predicted octanol–water partition coefficient (Wildman–Crippen LogP) is 4.82. The third-order valence-corrected chi connectivity index (χ3v) is 6.75. The molecule has 0 fully saturated rings. The third-order valence-electron chi connectivity index (χ3n) is 4.20. The Morgan fingerprint density at radius 1 is 0.826 bits per heavy atom. The molecule has 0 heterocycles. The first-order chi connectivity index (χ1) is 11.3. The fourth-order valence-electron chi connectivity index (χ4n) is 2.94. The molecule has 2 aromatic rings. The number of hydrogen-bond donors (Lipinski definition) is 0. The van der Waals surface area contributed by atoms with E-state index in [2.05, 4.69) is 12.2 Å². The van der Waals surface area contributed by atoms with Crippen LogP contribution < -0.4 is 10.6 Å². The molecular weight excluding hydrogens is 303 g/mol. The van der Waals surface area contributed by atoms with Crippen LogP contribution in [0.15, 0.2) is 72.8 Å². The van der Waals surface area contributed by atoms with Gasteiger partial charge in [0.2, 0.25) is 0 Å². The molecule has 120 valence electrons. The Balaban J connectivity index is 1.94. The smallest absolute Gasteiger partial charge is 0.261 e. The largest absolute Gasteiger partial charge is 0.318 e. The Morgan fingerprint density at radius 2 is 1.43 bits per heavy atom. The fourth-order valence-corrected chi connectivity index (χ4v) is 5.23. The standard InChI is InChI=1S/C20H23O2P/c21-23(19-14-8-4-9-15-19,20-16-10-5-11-17-20)22-18-12-6-2-1-3-7-13-18/h2,4-6,8-11,14-18H,1,3,7,12-13H2/b6-2-. The summed E-state index contributed by atoms with van der Waals surface area (Å²) >= 11 is 0. The highest BCUT2D eigenvalue weighted by Crippen LogP contribution is 2.47. The van der Waals surface area contributed by atoms with Crippen LogP contribution in [0.4, 0.5) is 0 Å². The lowest BCUT2D eigenvalue weighted by atomic mass is 10.0. The van der Waals surface area contributed by atoms with E-state index in [1.54, 1.807) is 0 Å². The summed E-state index contributed by atoms with van der Waals surface area (Å²) in [5.74, 6) is 0. The minimum absolute atomic E-state index is 0.0118. The Morgan fingerprint density at radius 3 is 2.04 bits per heavy atom. The molecule has 0 aliphatic heterocycles. The Kier molecular flexibility index (Phi) is 5.48. The Bertz CT molecular complexity index is 636. The molecule has 2 aromatic carbocycles. The molecular formula is C20H23O2P. The van der Waals surface area contributed by atoms with Crippen molar-refractivity contribution in [2.75, 3.05) is 0 Å². The Hall–Kier alpha value is -1.63. The molecule has 3 heteroatoms. The van der Waals surface area contributed by atoms with Gasteiger partial charge >= 0.3 is 0 Å². The molecule has 23 heavy (non-hydrogen) atoms. The molecule has 0 saturated heterocycles. The highest BCUT2D eigenvalue weighted by molar-refractivity contribution is 7.74. The van der Waals surface area contributed by atoms with E-state index < -0.39 is 7.37 Å². The number of allylic oxidation sites excluding steroid dienone is 1. The van der Waals surface area contributed by atoms with E-state index in [1.807, 2.05) is 60.7 Å². The van der Waals surface area contributed by atoms with Gasteiger partial charge < -0.3 is 4.52 Å². The first-order valence-corrected chi connectivity index (χ1v) is 9.96. The minimum Gasteiger partial charge on any atom is -0.318 e. The third kappa shape index (κ3) is 4.02. The van der Waals surface area contributed by atoms with Crippen LogP contribution in [0, 0.1) is 0 Å². The SMILES string of the molecule is O=P(OC1C/C=C\CCCC1)(c1ccccc1)c1ccccc1. The van der Waals surface area contributed by atoms with Gasteiger partial charge in [0.05, 0.1) is 6.10 Å². The van der Waals surface area contributed by atoms with Crippen molar-refractivity contribution in [3.05, 3.63) is 72.8 Å². The van der Waals surface area contributed by atoms with Gasteiger partial charge in [-0.05, 0) is 49.9 Å². The van der Waals surface area contributed by atoms with E-state index in [9.17, 15) is 4.57 Å². The molecule has 0 N–H and O–H groups in total. The molecule has 2 nitrogen and oxygen atoms in total. The summed E-state index contributed by atoms with van der Waals surface area (Å²) in [7, 11) is -3.06. The van der Waals surface area contributed by atoms with Gasteiger partial charge in [0, 0.05) is 10.6 Å².